The van der Waals surface area contributed by atoms with Crippen molar-refractivity contribution in [3.8, 4) is 0 Å². The molecule has 2 N–H and O–H groups in total. The molecule has 0 spiro atoms. The number of rotatable bonds is 4. The average Bonchev–Trinajstić information content (AvgIpc) is 2.17. The van der Waals surface area contributed by atoms with Crippen molar-refractivity contribution in [3.05, 3.63) is 24.3 Å². The third-order valence-electron chi connectivity index (χ3n) is 2.54. The molecular formula is C12H16F3NOS. The summed E-state index contributed by atoms with van der Waals surface area (Å²) in [4.78, 5) is 0.0982. The van der Waals surface area contributed by atoms with Crippen molar-refractivity contribution in [3.63, 3.8) is 0 Å². The van der Waals surface area contributed by atoms with Gasteiger partial charge in [-0.1, -0.05) is 12.1 Å². The molecule has 1 atom stereocenters. The van der Waals surface area contributed by atoms with E-state index in [2.05, 4.69) is 5.32 Å². The van der Waals surface area contributed by atoms with Crippen LogP contribution < -0.4 is 5.32 Å². The molecule has 0 aliphatic carbocycles. The van der Waals surface area contributed by atoms with E-state index in [1.54, 1.807) is 39.0 Å². The highest BCUT2D eigenvalue weighted by Gasteiger charge is 2.31. The van der Waals surface area contributed by atoms with Crippen molar-refractivity contribution in [1.82, 2.24) is 0 Å². The van der Waals surface area contributed by atoms with Gasteiger partial charge in [0.15, 0.2) is 0 Å². The number of hydrogen-bond acceptors (Lipinski definition) is 3. The van der Waals surface area contributed by atoms with Gasteiger partial charge in [-0.05, 0) is 44.7 Å². The number of para-hydroxylation sites is 1. The molecule has 0 bridgehead atoms. The van der Waals surface area contributed by atoms with E-state index in [0.717, 1.165) is 0 Å². The molecule has 0 radical (unpaired) electrons. The van der Waals surface area contributed by atoms with E-state index in [0.29, 0.717) is 5.69 Å². The Balaban J connectivity index is 2.89. The normalized spacial score (nSPS) is 14.4. The molecule has 0 saturated heterocycles. The first-order chi connectivity index (χ1) is 8.09. The van der Waals surface area contributed by atoms with Gasteiger partial charge in [0.25, 0.3) is 0 Å². The second kappa shape index (κ2) is 5.40. The fraction of sp³-hybridized carbons (Fsp3) is 0.500. The minimum absolute atomic E-state index is 0.0982. The lowest BCUT2D eigenvalue weighted by Crippen LogP contribution is -2.39. The smallest absolute Gasteiger partial charge is 0.388 e. The van der Waals surface area contributed by atoms with Crippen molar-refractivity contribution < 1.29 is 18.3 Å². The zero-order valence-electron chi connectivity index (χ0n) is 10.4. The highest BCUT2D eigenvalue weighted by Crippen LogP contribution is 2.40. The second-order valence-electron chi connectivity index (χ2n) is 4.56. The summed E-state index contributed by atoms with van der Waals surface area (Å²) in [5.74, 6) is 0. The molecule has 102 valence electrons. The van der Waals surface area contributed by atoms with Crippen molar-refractivity contribution in [2.75, 3.05) is 5.32 Å². The summed E-state index contributed by atoms with van der Waals surface area (Å²) in [6.07, 6.45) is 0. The molecule has 0 aliphatic heterocycles. The molecule has 6 heteroatoms. The van der Waals surface area contributed by atoms with Gasteiger partial charge in [0.05, 0.1) is 11.6 Å². The van der Waals surface area contributed by atoms with E-state index in [1.807, 2.05) is 0 Å². The summed E-state index contributed by atoms with van der Waals surface area (Å²) in [5, 5.41) is 12.7. The topological polar surface area (TPSA) is 32.3 Å². The molecule has 0 fully saturated rings. The standard InChI is InChI=1S/C12H16F3NOS/c1-8(11(2,3)17)16-9-6-4-5-7-10(9)18-12(13,14)15/h4-8,16-17H,1-3H3. The van der Waals surface area contributed by atoms with Crippen LogP contribution in [-0.2, 0) is 0 Å². The molecule has 0 saturated carbocycles. The van der Waals surface area contributed by atoms with Crippen LogP contribution in [0.1, 0.15) is 20.8 Å². The number of anilines is 1. The lowest BCUT2D eigenvalue weighted by molar-refractivity contribution is -0.0327. The number of benzene rings is 1. The van der Waals surface area contributed by atoms with Crippen LogP contribution in [0.25, 0.3) is 0 Å². The van der Waals surface area contributed by atoms with E-state index in [-0.39, 0.29) is 22.7 Å². The van der Waals surface area contributed by atoms with Gasteiger partial charge >= 0.3 is 5.51 Å². The number of thioether (sulfide) groups is 1. The largest absolute Gasteiger partial charge is 0.446 e. The Morgan fingerprint density at radius 3 is 2.28 bits per heavy atom. The maximum absolute atomic E-state index is 12.4. The van der Waals surface area contributed by atoms with Crippen LogP contribution in [-0.4, -0.2) is 22.3 Å². The maximum atomic E-state index is 12.4. The number of hydrogen-bond donors (Lipinski definition) is 2. The van der Waals surface area contributed by atoms with E-state index >= 15 is 0 Å². The highest BCUT2D eigenvalue weighted by molar-refractivity contribution is 8.00. The molecule has 1 aromatic rings. The Kier molecular flexibility index (Phi) is 4.55. The van der Waals surface area contributed by atoms with Gasteiger partial charge in [0, 0.05) is 10.6 Å². The molecule has 2 nitrogen and oxygen atoms in total. The van der Waals surface area contributed by atoms with Crippen molar-refractivity contribution >= 4 is 17.4 Å². The minimum atomic E-state index is -4.32. The summed E-state index contributed by atoms with van der Waals surface area (Å²) in [6, 6.07) is 5.80. The first-order valence-electron chi connectivity index (χ1n) is 5.43. The Morgan fingerprint density at radius 1 is 1.22 bits per heavy atom. The Morgan fingerprint density at radius 2 is 1.78 bits per heavy atom. The monoisotopic (exact) mass is 279 g/mol. The van der Waals surface area contributed by atoms with Crippen molar-refractivity contribution in [2.24, 2.45) is 0 Å². The molecule has 0 aromatic heterocycles. The fourth-order valence-electron chi connectivity index (χ4n) is 1.21. The summed E-state index contributed by atoms with van der Waals surface area (Å²) >= 11 is -0.164. The molecule has 1 unspecified atom stereocenters. The molecule has 1 rings (SSSR count). The Labute approximate surface area is 109 Å². The van der Waals surface area contributed by atoms with Gasteiger partial charge in [0.1, 0.15) is 0 Å². The molecule has 0 aliphatic rings. The molecule has 0 heterocycles. The number of nitrogens with one attached hydrogen (secondary N) is 1. The number of alkyl halides is 3. The summed E-state index contributed by atoms with van der Waals surface area (Å²) in [6.45, 7) is 4.92. The summed E-state index contributed by atoms with van der Waals surface area (Å²) < 4.78 is 37.1. The second-order valence-corrected chi connectivity index (χ2v) is 5.67. The zero-order valence-corrected chi connectivity index (χ0v) is 11.2. The van der Waals surface area contributed by atoms with E-state index in [1.165, 1.54) is 6.07 Å². The minimum Gasteiger partial charge on any atom is -0.388 e. The third kappa shape index (κ3) is 4.78. The summed E-state index contributed by atoms with van der Waals surface area (Å²) in [7, 11) is 0. The van der Waals surface area contributed by atoms with E-state index in [9.17, 15) is 18.3 Å². The molecule has 1 aromatic carbocycles. The maximum Gasteiger partial charge on any atom is 0.446 e. The van der Waals surface area contributed by atoms with Crippen molar-refractivity contribution in [2.45, 2.75) is 42.8 Å². The quantitative estimate of drug-likeness (QED) is 0.821. The highest BCUT2D eigenvalue weighted by atomic mass is 32.2. The van der Waals surface area contributed by atoms with Crippen LogP contribution in [0, 0.1) is 0 Å². The molecule has 18 heavy (non-hydrogen) atoms. The lowest BCUT2D eigenvalue weighted by Gasteiger charge is -2.28. The predicted octanol–water partition coefficient (Wildman–Crippen LogP) is 3.87. The SMILES string of the molecule is CC(Nc1ccccc1SC(F)(F)F)C(C)(C)O. The van der Waals surface area contributed by atoms with E-state index in [4.69, 9.17) is 0 Å². The Hall–Kier alpha value is -0.880. The van der Waals surface area contributed by atoms with E-state index < -0.39 is 11.1 Å². The van der Waals surface area contributed by atoms with Crippen LogP contribution >= 0.6 is 11.8 Å². The summed E-state index contributed by atoms with van der Waals surface area (Å²) in [5.41, 5.74) is -4.97. The first-order valence-corrected chi connectivity index (χ1v) is 6.25. The van der Waals surface area contributed by atoms with Gasteiger partial charge in [-0.3, -0.25) is 0 Å². The van der Waals surface area contributed by atoms with Crippen molar-refractivity contribution in [1.29, 1.82) is 0 Å². The third-order valence-corrected chi connectivity index (χ3v) is 3.35. The van der Waals surface area contributed by atoms with Gasteiger partial charge < -0.3 is 10.4 Å². The fourth-order valence-corrected chi connectivity index (χ4v) is 1.84. The Bertz CT molecular complexity index is 401. The number of halogens is 3. The lowest BCUT2D eigenvalue weighted by atomic mass is 10.0. The van der Waals surface area contributed by atoms with Crippen LogP contribution in [0.5, 0.6) is 0 Å². The predicted molar refractivity (Wildman–Crippen MR) is 67.7 cm³/mol. The molecule has 0 amide bonds. The van der Waals surface area contributed by atoms with Crippen LogP contribution in [0.15, 0.2) is 29.2 Å². The number of aliphatic hydroxyl groups is 1. The zero-order chi connectivity index (χ0) is 14.0. The first kappa shape index (κ1) is 15.2. The van der Waals surface area contributed by atoms with Gasteiger partial charge in [-0.25, -0.2) is 0 Å². The van der Waals surface area contributed by atoms with Gasteiger partial charge in [-0.15, -0.1) is 0 Å². The van der Waals surface area contributed by atoms with Crippen LogP contribution in [0.2, 0.25) is 0 Å². The van der Waals surface area contributed by atoms with Gasteiger partial charge in [-0.2, -0.15) is 13.2 Å². The average molecular weight is 279 g/mol. The molecular weight excluding hydrogens is 263 g/mol. The van der Waals surface area contributed by atoms with Gasteiger partial charge in [0.2, 0.25) is 0 Å². The van der Waals surface area contributed by atoms with Crippen LogP contribution in [0.3, 0.4) is 0 Å². The van der Waals surface area contributed by atoms with Crippen LogP contribution in [0.4, 0.5) is 18.9 Å².